The highest BCUT2D eigenvalue weighted by atomic mass is 32.1. The van der Waals surface area contributed by atoms with E-state index in [2.05, 4.69) is 41.4 Å². The van der Waals surface area contributed by atoms with Gasteiger partial charge in [0.15, 0.2) is 5.11 Å². The number of hydrogen-bond acceptors (Lipinski definition) is 2. The molecule has 1 unspecified atom stereocenters. The quantitative estimate of drug-likeness (QED) is 0.689. The number of hydrogen-bond donors (Lipinski definition) is 3. The van der Waals surface area contributed by atoms with Gasteiger partial charge in [-0.1, -0.05) is 20.8 Å². The summed E-state index contributed by atoms with van der Waals surface area (Å²) in [6.45, 7) is 7.30. The fraction of sp³-hybridized carbons (Fsp3) is 0.636. The molecule has 0 aromatic carbocycles. The van der Waals surface area contributed by atoms with Crippen LogP contribution >= 0.6 is 12.2 Å². The van der Waals surface area contributed by atoms with Crippen molar-refractivity contribution < 1.29 is 0 Å². The van der Waals surface area contributed by atoms with Crippen LogP contribution in [0.15, 0.2) is 12.4 Å². The van der Waals surface area contributed by atoms with Crippen LogP contribution in [0.25, 0.3) is 0 Å². The van der Waals surface area contributed by atoms with E-state index < -0.39 is 0 Å². The lowest BCUT2D eigenvalue weighted by molar-refractivity contribution is 0.569. The summed E-state index contributed by atoms with van der Waals surface area (Å²) in [6, 6.07) is 0.155. The molecule has 1 heterocycles. The number of nitrogens with zero attached hydrogens (tertiary/aromatic N) is 1. The molecule has 0 aliphatic rings. The first-order chi connectivity index (χ1) is 7.63. The van der Waals surface area contributed by atoms with Crippen LogP contribution in [-0.4, -0.2) is 21.6 Å². The summed E-state index contributed by atoms with van der Waals surface area (Å²) < 4.78 is 0. The van der Waals surface area contributed by atoms with E-state index in [9.17, 15) is 0 Å². The largest absolute Gasteiger partial charge is 0.362 e. The van der Waals surface area contributed by atoms with Gasteiger partial charge in [-0.15, -0.1) is 0 Å². The van der Waals surface area contributed by atoms with Gasteiger partial charge in [-0.3, -0.25) is 0 Å². The predicted octanol–water partition coefficient (Wildman–Crippen LogP) is 1.98. The summed E-state index contributed by atoms with van der Waals surface area (Å²) in [5.41, 5.74) is 0. The zero-order valence-corrected chi connectivity index (χ0v) is 10.9. The van der Waals surface area contributed by atoms with Crippen LogP contribution in [0.2, 0.25) is 0 Å². The molecule has 0 radical (unpaired) electrons. The molecular formula is C11H20N4S. The van der Waals surface area contributed by atoms with Crippen molar-refractivity contribution in [2.75, 3.05) is 6.54 Å². The van der Waals surface area contributed by atoms with Gasteiger partial charge in [0.05, 0.1) is 6.04 Å². The van der Waals surface area contributed by atoms with Crippen molar-refractivity contribution in [3.8, 4) is 0 Å². The molecule has 1 aromatic rings. The van der Waals surface area contributed by atoms with E-state index in [4.69, 9.17) is 12.2 Å². The zero-order chi connectivity index (χ0) is 12.0. The minimum Gasteiger partial charge on any atom is -0.362 e. The molecule has 90 valence electrons. The zero-order valence-electron chi connectivity index (χ0n) is 10.1. The van der Waals surface area contributed by atoms with Gasteiger partial charge < -0.3 is 15.6 Å². The molecular weight excluding hydrogens is 220 g/mol. The van der Waals surface area contributed by atoms with Gasteiger partial charge in [0.2, 0.25) is 0 Å². The average molecular weight is 240 g/mol. The molecule has 1 atom stereocenters. The van der Waals surface area contributed by atoms with Crippen LogP contribution in [0.1, 0.15) is 39.1 Å². The summed E-state index contributed by atoms with van der Waals surface area (Å²) in [7, 11) is 0. The lowest BCUT2D eigenvalue weighted by atomic mass is 10.2. The van der Waals surface area contributed by atoms with Gasteiger partial charge in [0, 0.05) is 18.9 Å². The van der Waals surface area contributed by atoms with Crippen molar-refractivity contribution in [1.82, 2.24) is 20.6 Å². The third-order valence-electron chi connectivity index (χ3n) is 2.23. The first-order valence-electron chi connectivity index (χ1n) is 5.67. The fourth-order valence-corrected chi connectivity index (χ4v) is 1.56. The Labute approximate surface area is 102 Å². The molecule has 4 nitrogen and oxygen atoms in total. The van der Waals surface area contributed by atoms with Gasteiger partial charge >= 0.3 is 0 Å². The Morgan fingerprint density at radius 3 is 2.81 bits per heavy atom. The summed E-state index contributed by atoms with van der Waals surface area (Å²) in [5, 5.41) is 7.13. The first kappa shape index (κ1) is 13.0. The van der Waals surface area contributed by atoms with E-state index in [1.807, 2.05) is 6.20 Å². The molecule has 0 spiro atoms. The molecule has 0 saturated heterocycles. The van der Waals surface area contributed by atoms with E-state index in [1.165, 1.54) is 0 Å². The molecule has 16 heavy (non-hydrogen) atoms. The smallest absolute Gasteiger partial charge is 0.166 e. The molecule has 0 aliphatic heterocycles. The Morgan fingerprint density at radius 2 is 2.31 bits per heavy atom. The van der Waals surface area contributed by atoms with Gasteiger partial charge in [-0.2, -0.15) is 0 Å². The Morgan fingerprint density at radius 1 is 1.56 bits per heavy atom. The van der Waals surface area contributed by atoms with E-state index in [0.717, 1.165) is 18.8 Å². The standard InChI is InChI=1S/C11H20N4S/c1-4-9(10-12-5-6-13-10)15-11(16)14-7-8(2)3/h5-6,8-9H,4,7H2,1-3H3,(H,12,13)(H2,14,15,16). The van der Waals surface area contributed by atoms with Crippen molar-refractivity contribution in [2.45, 2.75) is 33.2 Å². The van der Waals surface area contributed by atoms with E-state index in [-0.39, 0.29) is 6.04 Å². The van der Waals surface area contributed by atoms with Crippen LogP contribution in [0.5, 0.6) is 0 Å². The number of aromatic nitrogens is 2. The second-order valence-corrected chi connectivity index (χ2v) is 4.59. The van der Waals surface area contributed by atoms with E-state index >= 15 is 0 Å². The minimum absolute atomic E-state index is 0.155. The Bertz CT molecular complexity index is 308. The second kappa shape index (κ2) is 6.48. The summed E-state index contributed by atoms with van der Waals surface area (Å²) in [6.07, 6.45) is 4.52. The molecule has 0 fully saturated rings. The van der Waals surface area contributed by atoms with Crippen molar-refractivity contribution in [2.24, 2.45) is 5.92 Å². The van der Waals surface area contributed by atoms with Crippen molar-refractivity contribution >= 4 is 17.3 Å². The summed E-state index contributed by atoms with van der Waals surface area (Å²) >= 11 is 5.23. The van der Waals surface area contributed by atoms with Gasteiger partial charge in [0.1, 0.15) is 5.82 Å². The third-order valence-corrected chi connectivity index (χ3v) is 2.50. The van der Waals surface area contributed by atoms with Crippen LogP contribution in [0.4, 0.5) is 0 Å². The van der Waals surface area contributed by atoms with Gasteiger partial charge in [0.25, 0.3) is 0 Å². The summed E-state index contributed by atoms with van der Waals surface area (Å²) in [5.74, 6) is 1.51. The number of rotatable bonds is 5. The normalized spacial score (nSPS) is 12.5. The average Bonchev–Trinajstić information content (AvgIpc) is 2.76. The van der Waals surface area contributed by atoms with Crippen molar-refractivity contribution in [3.05, 3.63) is 18.2 Å². The van der Waals surface area contributed by atoms with Crippen LogP contribution in [-0.2, 0) is 0 Å². The fourth-order valence-electron chi connectivity index (χ4n) is 1.34. The number of thiocarbonyl (C=S) groups is 1. The van der Waals surface area contributed by atoms with Gasteiger partial charge in [-0.25, -0.2) is 4.98 Å². The van der Waals surface area contributed by atoms with Gasteiger partial charge in [-0.05, 0) is 24.6 Å². The maximum absolute atomic E-state index is 5.23. The van der Waals surface area contributed by atoms with E-state index in [0.29, 0.717) is 11.0 Å². The van der Waals surface area contributed by atoms with Crippen molar-refractivity contribution in [1.29, 1.82) is 0 Å². The molecule has 1 aromatic heterocycles. The SMILES string of the molecule is CCC(NC(=S)NCC(C)C)c1ncc[nH]1. The highest BCUT2D eigenvalue weighted by Crippen LogP contribution is 2.10. The predicted molar refractivity (Wildman–Crippen MR) is 70.2 cm³/mol. The number of H-pyrrole nitrogens is 1. The molecule has 1 rings (SSSR count). The monoisotopic (exact) mass is 240 g/mol. The van der Waals surface area contributed by atoms with E-state index in [1.54, 1.807) is 6.20 Å². The Balaban J connectivity index is 2.42. The second-order valence-electron chi connectivity index (χ2n) is 4.18. The highest BCUT2D eigenvalue weighted by Gasteiger charge is 2.12. The minimum atomic E-state index is 0.155. The van der Waals surface area contributed by atoms with Crippen LogP contribution in [0, 0.1) is 5.92 Å². The van der Waals surface area contributed by atoms with Crippen LogP contribution < -0.4 is 10.6 Å². The maximum Gasteiger partial charge on any atom is 0.166 e. The number of imidazole rings is 1. The molecule has 0 amide bonds. The molecule has 0 aliphatic carbocycles. The first-order valence-corrected chi connectivity index (χ1v) is 6.08. The number of aromatic amines is 1. The van der Waals surface area contributed by atoms with Crippen LogP contribution in [0.3, 0.4) is 0 Å². The third kappa shape index (κ3) is 4.18. The maximum atomic E-state index is 5.23. The summed E-state index contributed by atoms with van der Waals surface area (Å²) in [4.78, 5) is 7.33. The Hall–Kier alpha value is -1.10. The molecule has 5 heteroatoms. The molecule has 0 bridgehead atoms. The number of nitrogens with one attached hydrogen (secondary N) is 3. The molecule has 3 N–H and O–H groups in total. The Kier molecular flexibility index (Phi) is 5.25. The lowest BCUT2D eigenvalue weighted by Gasteiger charge is -2.18. The van der Waals surface area contributed by atoms with Crippen molar-refractivity contribution in [3.63, 3.8) is 0 Å². The highest BCUT2D eigenvalue weighted by molar-refractivity contribution is 7.80. The lowest BCUT2D eigenvalue weighted by Crippen LogP contribution is -2.39. The molecule has 0 saturated carbocycles. The topological polar surface area (TPSA) is 52.7 Å².